The first-order chi connectivity index (χ1) is 13.3. The summed E-state index contributed by atoms with van der Waals surface area (Å²) in [7, 11) is 0. The molecule has 4 rings (SSSR count). The fourth-order valence-corrected chi connectivity index (χ4v) is 3.18. The number of nitrogens with one attached hydrogen (secondary N) is 1. The van der Waals surface area contributed by atoms with Crippen molar-refractivity contribution in [2.45, 2.75) is 0 Å². The zero-order valence-corrected chi connectivity index (χ0v) is 15.2. The molecule has 6 heteroatoms. The van der Waals surface area contributed by atoms with Crippen molar-refractivity contribution in [3.63, 3.8) is 0 Å². The van der Waals surface area contributed by atoms with Gasteiger partial charge < -0.3 is 15.2 Å². The van der Waals surface area contributed by atoms with Gasteiger partial charge in [-0.1, -0.05) is 24.3 Å². The molecule has 1 aromatic heterocycles. The second-order valence-corrected chi connectivity index (χ2v) is 6.58. The lowest BCUT2D eigenvalue weighted by Crippen LogP contribution is -2.38. The van der Waals surface area contributed by atoms with E-state index in [1.165, 1.54) is 0 Å². The molecule has 0 unspecified atom stereocenters. The van der Waals surface area contributed by atoms with Crippen LogP contribution in [-0.2, 0) is 4.74 Å². The number of rotatable bonds is 6. The lowest BCUT2D eigenvalue weighted by Gasteiger charge is -2.26. The van der Waals surface area contributed by atoms with Crippen molar-refractivity contribution in [3.05, 3.63) is 53.7 Å². The third-order valence-corrected chi connectivity index (χ3v) is 4.76. The Kier molecular flexibility index (Phi) is 5.37. The van der Waals surface area contributed by atoms with Gasteiger partial charge >= 0.3 is 0 Å². The number of ether oxygens (including phenoxy) is 2. The Bertz CT molecular complexity index is 929. The van der Waals surface area contributed by atoms with Crippen LogP contribution in [0.25, 0.3) is 23.1 Å². The minimum atomic E-state index is 0.650. The predicted molar refractivity (Wildman–Crippen MR) is 109 cm³/mol. The van der Waals surface area contributed by atoms with E-state index >= 15 is 0 Å². The van der Waals surface area contributed by atoms with E-state index in [4.69, 9.17) is 15.2 Å². The molecule has 0 radical (unpaired) electrons. The van der Waals surface area contributed by atoms with E-state index in [1.54, 1.807) is 0 Å². The fourth-order valence-electron chi connectivity index (χ4n) is 3.18. The van der Waals surface area contributed by atoms with Gasteiger partial charge in [0.05, 0.1) is 24.4 Å². The number of nitrogen functional groups attached to an aromatic ring is 1. The molecule has 140 valence electrons. The summed E-state index contributed by atoms with van der Waals surface area (Å²) >= 11 is 0. The first kappa shape index (κ1) is 17.6. The van der Waals surface area contributed by atoms with Crippen LogP contribution < -0.4 is 10.5 Å². The zero-order chi connectivity index (χ0) is 18.5. The van der Waals surface area contributed by atoms with Crippen LogP contribution in [0.1, 0.15) is 11.3 Å². The second-order valence-electron chi connectivity index (χ2n) is 6.58. The molecule has 0 saturated carbocycles. The zero-order valence-electron chi connectivity index (χ0n) is 15.2. The minimum Gasteiger partial charge on any atom is -0.492 e. The Morgan fingerprint density at radius 3 is 2.89 bits per heavy atom. The van der Waals surface area contributed by atoms with E-state index in [2.05, 4.69) is 15.1 Å². The summed E-state index contributed by atoms with van der Waals surface area (Å²) in [5.41, 5.74) is 9.68. The van der Waals surface area contributed by atoms with Gasteiger partial charge in [0, 0.05) is 36.3 Å². The molecule has 0 atom stereocenters. The topological polar surface area (TPSA) is 76.4 Å². The number of para-hydroxylation sites is 1. The van der Waals surface area contributed by atoms with Crippen LogP contribution in [0.4, 0.5) is 5.69 Å². The van der Waals surface area contributed by atoms with Crippen molar-refractivity contribution < 1.29 is 9.47 Å². The summed E-state index contributed by atoms with van der Waals surface area (Å²) in [5.74, 6) is 0.823. The van der Waals surface area contributed by atoms with E-state index in [0.717, 1.165) is 60.8 Å². The lowest BCUT2D eigenvalue weighted by molar-refractivity contribution is 0.0322. The Morgan fingerprint density at radius 1 is 1.15 bits per heavy atom. The number of anilines is 1. The van der Waals surface area contributed by atoms with Crippen LogP contribution in [0.5, 0.6) is 5.75 Å². The van der Waals surface area contributed by atoms with E-state index in [1.807, 2.05) is 54.6 Å². The van der Waals surface area contributed by atoms with Crippen molar-refractivity contribution >= 4 is 28.7 Å². The number of nitrogens with zero attached hydrogens (tertiary/aromatic N) is 2. The van der Waals surface area contributed by atoms with Gasteiger partial charge in [-0.15, -0.1) is 0 Å². The Hall–Kier alpha value is -2.83. The molecule has 1 fully saturated rings. The van der Waals surface area contributed by atoms with E-state index in [0.29, 0.717) is 12.3 Å². The largest absolute Gasteiger partial charge is 0.492 e. The molecule has 0 bridgehead atoms. The van der Waals surface area contributed by atoms with Gasteiger partial charge in [0.15, 0.2) is 0 Å². The van der Waals surface area contributed by atoms with E-state index in [-0.39, 0.29) is 0 Å². The standard InChI is InChI=1S/C21H24N4O2/c22-19-7-6-17(27-14-11-25-9-12-26-13-10-25)15-16(19)5-8-21-18-3-1-2-4-20(18)23-24-21/h1-8,15H,9-14,22H2,(H,23,24). The highest BCUT2D eigenvalue weighted by Gasteiger charge is 2.10. The number of nitrogens with two attached hydrogens (primary N) is 1. The first-order valence-electron chi connectivity index (χ1n) is 9.23. The third kappa shape index (κ3) is 4.30. The lowest BCUT2D eigenvalue weighted by atomic mass is 10.1. The van der Waals surface area contributed by atoms with Crippen LogP contribution in [0.15, 0.2) is 42.5 Å². The van der Waals surface area contributed by atoms with Gasteiger partial charge in [-0.25, -0.2) is 0 Å². The molecule has 0 aliphatic carbocycles. The van der Waals surface area contributed by atoms with Crippen LogP contribution in [0, 0.1) is 0 Å². The molecule has 0 spiro atoms. The Morgan fingerprint density at radius 2 is 2.00 bits per heavy atom. The molecule has 2 heterocycles. The maximum absolute atomic E-state index is 6.13. The smallest absolute Gasteiger partial charge is 0.120 e. The highest BCUT2D eigenvalue weighted by atomic mass is 16.5. The van der Waals surface area contributed by atoms with Crippen molar-refractivity contribution in [2.75, 3.05) is 45.2 Å². The van der Waals surface area contributed by atoms with E-state index in [9.17, 15) is 0 Å². The third-order valence-electron chi connectivity index (χ3n) is 4.76. The van der Waals surface area contributed by atoms with Gasteiger partial charge in [0.25, 0.3) is 0 Å². The summed E-state index contributed by atoms with van der Waals surface area (Å²) in [5, 5.41) is 8.49. The number of H-pyrrole nitrogens is 1. The summed E-state index contributed by atoms with van der Waals surface area (Å²) in [6.45, 7) is 5.10. The molecule has 1 aliphatic heterocycles. The van der Waals surface area contributed by atoms with Crippen molar-refractivity contribution in [3.8, 4) is 5.75 Å². The maximum Gasteiger partial charge on any atom is 0.120 e. The summed E-state index contributed by atoms with van der Waals surface area (Å²) in [4.78, 5) is 2.35. The molecule has 3 aromatic rings. The molecule has 27 heavy (non-hydrogen) atoms. The average Bonchev–Trinajstić information content (AvgIpc) is 3.12. The van der Waals surface area contributed by atoms with Crippen LogP contribution in [0.2, 0.25) is 0 Å². The average molecular weight is 364 g/mol. The number of hydrogen-bond donors (Lipinski definition) is 2. The van der Waals surface area contributed by atoms with Crippen molar-refractivity contribution in [2.24, 2.45) is 0 Å². The summed E-state index contributed by atoms with van der Waals surface area (Å²) in [6, 6.07) is 13.8. The van der Waals surface area contributed by atoms with Gasteiger partial charge in [-0.3, -0.25) is 10.00 Å². The molecule has 2 aromatic carbocycles. The van der Waals surface area contributed by atoms with Crippen molar-refractivity contribution in [1.82, 2.24) is 15.1 Å². The molecule has 1 saturated heterocycles. The highest BCUT2D eigenvalue weighted by molar-refractivity contribution is 5.90. The molecular weight excluding hydrogens is 340 g/mol. The number of hydrogen-bond acceptors (Lipinski definition) is 5. The normalized spacial score (nSPS) is 15.6. The Labute approximate surface area is 158 Å². The van der Waals surface area contributed by atoms with Crippen molar-refractivity contribution in [1.29, 1.82) is 0 Å². The Balaban J connectivity index is 1.42. The minimum absolute atomic E-state index is 0.650. The SMILES string of the molecule is Nc1ccc(OCCN2CCOCC2)cc1C=Cc1n[nH]c2ccccc12. The molecule has 1 aliphatic rings. The van der Waals surface area contributed by atoms with Crippen LogP contribution >= 0.6 is 0 Å². The molecule has 6 nitrogen and oxygen atoms in total. The molecule has 3 N–H and O–H groups in total. The molecule has 0 amide bonds. The second kappa shape index (κ2) is 8.24. The number of fused-ring (bicyclic) bond motifs is 1. The number of aromatic amines is 1. The quantitative estimate of drug-likeness (QED) is 0.658. The molecular formula is C21H24N4O2. The number of morpholine rings is 1. The summed E-state index contributed by atoms with van der Waals surface area (Å²) in [6.07, 6.45) is 3.95. The van der Waals surface area contributed by atoms with Crippen LogP contribution in [-0.4, -0.2) is 54.6 Å². The summed E-state index contributed by atoms with van der Waals surface area (Å²) < 4.78 is 11.3. The number of aromatic nitrogens is 2. The first-order valence-corrected chi connectivity index (χ1v) is 9.23. The highest BCUT2D eigenvalue weighted by Crippen LogP contribution is 2.23. The van der Waals surface area contributed by atoms with Gasteiger partial charge in [-0.05, 0) is 30.3 Å². The van der Waals surface area contributed by atoms with Gasteiger partial charge in [-0.2, -0.15) is 5.10 Å². The number of benzene rings is 2. The fraction of sp³-hybridized carbons (Fsp3) is 0.286. The van der Waals surface area contributed by atoms with E-state index < -0.39 is 0 Å². The predicted octanol–water partition coefficient (Wildman–Crippen LogP) is 3.03. The van der Waals surface area contributed by atoms with Gasteiger partial charge in [0.1, 0.15) is 12.4 Å². The maximum atomic E-state index is 6.13. The van der Waals surface area contributed by atoms with Crippen LogP contribution in [0.3, 0.4) is 0 Å². The van der Waals surface area contributed by atoms with Gasteiger partial charge in [0.2, 0.25) is 0 Å². The monoisotopic (exact) mass is 364 g/mol.